The highest BCUT2D eigenvalue weighted by molar-refractivity contribution is 7.89. The SMILES string of the molecule is Cc1ccc(C(N)=S)cc1S(=O)(=O)NC(C)C(C)C. The molecule has 1 unspecified atom stereocenters. The fourth-order valence-electron chi connectivity index (χ4n) is 1.49. The second-order valence-electron chi connectivity index (χ2n) is 5.00. The summed E-state index contributed by atoms with van der Waals surface area (Å²) >= 11 is 4.88. The van der Waals surface area contributed by atoms with E-state index in [-0.39, 0.29) is 21.8 Å². The van der Waals surface area contributed by atoms with Crippen molar-refractivity contribution in [1.82, 2.24) is 4.72 Å². The minimum atomic E-state index is -3.56. The zero-order valence-corrected chi connectivity index (χ0v) is 13.2. The van der Waals surface area contributed by atoms with Crippen molar-refractivity contribution in [2.75, 3.05) is 0 Å². The first kappa shape index (κ1) is 16.1. The normalized spacial score (nSPS) is 13.5. The molecule has 0 aliphatic heterocycles. The fourth-order valence-corrected chi connectivity index (χ4v) is 3.28. The summed E-state index contributed by atoms with van der Waals surface area (Å²) in [4.78, 5) is 0.415. The van der Waals surface area contributed by atoms with E-state index in [1.807, 2.05) is 20.8 Å². The Morgan fingerprint density at radius 1 is 1.32 bits per heavy atom. The van der Waals surface area contributed by atoms with E-state index in [1.165, 1.54) is 6.07 Å². The average molecular weight is 300 g/mol. The molecule has 0 aliphatic rings. The molecule has 1 aromatic rings. The molecule has 0 saturated carbocycles. The Labute approximate surface area is 120 Å². The predicted octanol–water partition coefficient (Wildman–Crippen LogP) is 1.95. The molecule has 3 N–H and O–H groups in total. The zero-order valence-electron chi connectivity index (χ0n) is 11.6. The second kappa shape index (κ2) is 5.98. The molecular formula is C13H20N2O2S2. The number of nitrogens with two attached hydrogens (primary N) is 1. The first-order valence-corrected chi connectivity index (χ1v) is 7.97. The van der Waals surface area contributed by atoms with Gasteiger partial charge in [0.15, 0.2) is 0 Å². The van der Waals surface area contributed by atoms with Crippen LogP contribution in [-0.4, -0.2) is 19.4 Å². The minimum absolute atomic E-state index is 0.141. The molecule has 4 nitrogen and oxygen atoms in total. The van der Waals surface area contributed by atoms with Crippen LogP contribution in [0.5, 0.6) is 0 Å². The van der Waals surface area contributed by atoms with Crippen LogP contribution in [0, 0.1) is 12.8 Å². The maximum Gasteiger partial charge on any atom is 0.241 e. The van der Waals surface area contributed by atoms with Crippen LogP contribution in [-0.2, 0) is 10.0 Å². The van der Waals surface area contributed by atoms with Crippen LogP contribution >= 0.6 is 12.2 Å². The van der Waals surface area contributed by atoms with Crippen LogP contribution < -0.4 is 10.5 Å². The Morgan fingerprint density at radius 2 is 1.89 bits per heavy atom. The van der Waals surface area contributed by atoms with E-state index in [1.54, 1.807) is 19.1 Å². The van der Waals surface area contributed by atoms with Crippen molar-refractivity contribution in [3.05, 3.63) is 29.3 Å². The summed E-state index contributed by atoms with van der Waals surface area (Å²) in [7, 11) is -3.56. The van der Waals surface area contributed by atoms with Gasteiger partial charge >= 0.3 is 0 Å². The summed E-state index contributed by atoms with van der Waals surface area (Å²) in [5.74, 6) is 0.217. The van der Waals surface area contributed by atoms with E-state index >= 15 is 0 Å². The molecule has 0 aliphatic carbocycles. The van der Waals surface area contributed by atoms with E-state index in [2.05, 4.69) is 4.72 Å². The van der Waals surface area contributed by atoms with Crippen molar-refractivity contribution < 1.29 is 8.42 Å². The summed E-state index contributed by atoms with van der Waals surface area (Å²) in [6.07, 6.45) is 0. The molecule has 0 saturated heterocycles. The molecule has 1 rings (SSSR count). The number of rotatable bonds is 5. The van der Waals surface area contributed by atoms with Crippen LogP contribution in [0.1, 0.15) is 31.9 Å². The second-order valence-corrected chi connectivity index (χ2v) is 7.12. The maximum atomic E-state index is 12.3. The lowest BCUT2D eigenvalue weighted by atomic mass is 10.1. The Hall–Kier alpha value is -0.980. The average Bonchev–Trinajstić information content (AvgIpc) is 2.28. The highest BCUT2D eigenvalue weighted by Gasteiger charge is 2.21. The van der Waals surface area contributed by atoms with Crippen molar-refractivity contribution >= 4 is 27.2 Å². The van der Waals surface area contributed by atoms with Gasteiger partial charge in [0.05, 0.1) is 4.90 Å². The van der Waals surface area contributed by atoms with Gasteiger partial charge in [-0.3, -0.25) is 0 Å². The molecular weight excluding hydrogens is 280 g/mol. The van der Waals surface area contributed by atoms with Crippen LogP contribution in [0.2, 0.25) is 0 Å². The third-order valence-electron chi connectivity index (χ3n) is 3.10. The van der Waals surface area contributed by atoms with E-state index in [9.17, 15) is 8.42 Å². The lowest BCUT2D eigenvalue weighted by molar-refractivity contribution is 0.476. The lowest BCUT2D eigenvalue weighted by Gasteiger charge is -2.18. The first-order chi connectivity index (χ1) is 8.65. The van der Waals surface area contributed by atoms with Crippen LogP contribution in [0.25, 0.3) is 0 Å². The highest BCUT2D eigenvalue weighted by Crippen LogP contribution is 2.18. The number of aryl methyl sites for hydroxylation is 1. The summed E-state index contributed by atoms with van der Waals surface area (Å²) in [6, 6.07) is 4.82. The molecule has 19 heavy (non-hydrogen) atoms. The van der Waals surface area contributed by atoms with Crippen LogP contribution in [0.15, 0.2) is 23.1 Å². The van der Waals surface area contributed by atoms with Gasteiger partial charge in [0, 0.05) is 11.6 Å². The van der Waals surface area contributed by atoms with Crippen molar-refractivity contribution in [2.24, 2.45) is 11.7 Å². The van der Waals surface area contributed by atoms with Crippen LogP contribution in [0.4, 0.5) is 0 Å². The molecule has 0 spiro atoms. The highest BCUT2D eigenvalue weighted by atomic mass is 32.2. The van der Waals surface area contributed by atoms with Gasteiger partial charge in [0.25, 0.3) is 0 Å². The van der Waals surface area contributed by atoms with Gasteiger partial charge in [0.1, 0.15) is 4.99 Å². The van der Waals surface area contributed by atoms with Crippen molar-refractivity contribution in [3.8, 4) is 0 Å². The summed E-state index contributed by atoms with van der Waals surface area (Å²) in [5, 5.41) is 0. The predicted molar refractivity (Wildman–Crippen MR) is 81.7 cm³/mol. The minimum Gasteiger partial charge on any atom is -0.389 e. The van der Waals surface area contributed by atoms with Gasteiger partial charge in [-0.1, -0.05) is 38.2 Å². The summed E-state index contributed by atoms with van der Waals surface area (Å²) in [6.45, 7) is 7.52. The number of hydrogen-bond donors (Lipinski definition) is 2. The molecule has 0 aromatic heterocycles. The molecule has 0 fully saturated rings. The van der Waals surface area contributed by atoms with Crippen LogP contribution in [0.3, 0.4) is 0 Å². The molecule has 0 radical (unpaired) electrons. The Kier molecular flexibility index (Phi) is 5.06. The monoisotopic (exact) mass is 300 g/mol. The largest absolute Gasteiger partial charge is 0.389 e. The Bertz CT molecular complexity index is 580. The van der Waals surface area contributed by atoms with Gasteiger partial charge in [-0.05, 0) is 31.4 Å². The van der Waals surface area contributed by atoms with Crippen molar-refractivity contribution in [2.45, 2.75) is 38.6 Å². The number of benzene rings is 1. The third-order valence-corrected chi connectivity index (χ3v) is 5.04. The molecule has 106 valence electrons. The van der Waals surface area contributed by atoms with Crippen molar-refractivity contribution in [3.63, 3.8) is 0 Å². The standard InChI is InChI=1S/C13H20N2O2S2/c1-8(2)10(4)15-19(16,17)12-7-11(13(14)18)6-5-9(12)3/h5-8,10,15H,1-4H3,(H2,14,18). The van der Waals surface area contributed by atoms with E-state index in [0.717, 1.165) is 0 Å². The fraction of sp³-hybridized carbons (Fsp3) is 0.462. The molecule has 1 aromatic carbocycles. The molecule has 0 heterocycles. The molecule has 6 heteroatoms. The third kappa shape index (κ3) is 3.99. The van der Waals surface area contributed by atoms with Gasteiger partial charge in [-0.25, -0.2) is 13.1 Å². The topological polar surface area (TPSA) is 72.2 Å². The quantitative estimate of drug-likeness (QED) is 0.815. The summed E-state index contributed by atoms with van der Waals surface area (Å²) < 4.78 is 27.4. The van der Waals surface area contributed by atoms with Gasteiger partial charge in [0.2, 0.25) is 10.0 Å². The van der Waals surface area contributed by atoms with Crippen molar-refractivity contribution in [1.29, 1.82) is 0 Å². The van der Waals surface area contributed by atoms with Gasteiger partial charge in [-0.2, -0.15) is 0 Å². The molecule has 1 atom stereocenters. The van der Waals surface area contributed by atoms with E-state index < -0.39 is 10.0 Å². The maximum absolute atomic E-state index is 12.3. The lowest BCUT2D eigenvalue weighted by Crippen LogP contribution is -2.36. The van der Waals surface area contributed by atoms with E-state index in [4.69, 9.17) is 18.0 Å². The molecule has 0 amide bonds. The number of hydrogen-bond acceptors (Lipinski definition) is 3. The van der Waals surface area contributed by atoms with E-state index in [0.29, 0.717) is 11.1 Å². The molecule has 0 bridgehead atoms. The Balaban J connectivity index is 3.21. The Morgan fingerprint density at radius 3 is 2.37 bits per heavy atom. The zero-order chi connectivity index (χ0) is 14.8. The summed E-state index contributed by atoms with van der Waals surface area (Å²) in [5.41, 5.74) is 6.77. The smallest absolute Gasteiger partial charge is 0.241 e. The number of sulfonamides is 1. The first-order valence-electron chi connectivity index (χ1n) is 6.08. The number of nitrogens with one attached hydrogen (secondary N) is 1. The van der Waals surface area contributed by atoms with Gasteiger partial charge in [-0.15, -0.1) is 0 Å². The van der Waals surface area contributed by atoms with Gasteiger partial charge < -0.3 is 5.73 Å². The number of thiocarbonyl (C=S) groups is 1.